The first kappa shape index (κ1) is 39.9. The predicted molar refractivity (Wildman–Crippen MR) is 207 cm³/mol. The van der Waals surface area contributed by atoms with Gasteiger partial charge in [-0.3, -0.25) is 0 Å². The third-order valence-electron chi connectivity index (χ3n) is 9.24. The second kappa shape index (κ2) is 19.0. The lowest BCUT2D eigenvalue weighted by Crippen LogP contribution is -2.51. The molecule has 3 aromatic rings. The van der Waals surface area contributed by atoms with Gasteiger partial charge < -0.3 is 19.1 Å². The Morgan fingerprint density at radius 3 is 1.58 bits per heavy atom. The number of hydroxylamine groups is 2. The maximum absolute atomic E-state index is 6.54. The zero-order valence-corrected chi connectivity index (χ0v) is 32.6. The van der Waals surface area contributed by atoms with Crippen molar-refractivity contribution in [1.82, 2.24) is 11.0 Å². The van der Waals surface area contributed by atoms with Crippen LogP contribution in [0.15, 0.2) is 72.8 Å². The molecule has 8 heteroatoms. The Balaban J connectivity index is 1.56. The highest BCUT2D eigenvalue weighted by Crippen LogP contribution is 2.35. The minimum atomic E-state index is -0.688. The number of hydrogen-bond acceptors (Lipinski definition) is 8. The number of thioether (sulfide) groups is 2. The molecular weight excluding hydrogens is 637 g/mol. The molecule has 0 aliphatic carbocycles. The fourth-order valence-corrected chi connectivity index (χ4v) is 7.00. The molecule has 3 atom stereocenters. The predicted octanol–water partition coefficient (Wildman–Crippen LogP) is 10.9. The van der Waals surface area contributed by atoms with Crippen LogP contribution in [0, 0.1) is 0 Å². The first-order chi connectivity index (χ1) is 22.9. The van der Waals surface area contributed by atoms with E-state index in [1.54, 1.807) is 0 Å². The first-order valence-electron chi connectivity index (χ1n) is 17.7. The standard InChI is InChI=1S/C40H60N2O4S2/c1-11-30(6)43-34-20-16-32(17-21-34)38(8,9)33-18-22-35(23-19-33)44-40(14-4,15-5)42-46-37-26-24-36(25-27-37)45-41-39(10,13-3)48-29-28-47-31(7)12-2/h16-27,30-31,41-42H,11-15,28-29H2,1-10H3. The summed E-state index contributed by atoms with van der Waals surface area (Å²) in [5.74, 6) is 5.35. The molecule has 0 saturated heterocycles. The van der Waals surface area contributed by atoms with Gasteiger partial charge in [-0.1, -0.05) is 79.7 Å². The van der Waals surface area contributed by atoms with Crippen molar-refractivity contribution in [3.8, 4) is 23.0 Å². The summed E-state index contributed by atoms with van der Waals surface area (Å²) >= 11 is 3.94. The highest BCUT2D eigenvalue weighted by atomic mass is 32.2. The van der Waals surface area contributed by atoms with Gasteiger partial charge in [0.2, 0.25) is 0 Å². The Morgan fingerprint density at radius 2 is 1.10 bits per heavy atom. The molecule has 0 amide bonds. The molecule has 0 aromatic heterocycles. The Morgan fingerprint density at radius 1 is 0.604 bits per heavy atom. The summed E-state index contributed by atoms with van der Waals surface area (Å²) in [5.41, 5.74) is 8.09. The molecule has 0 bridgehead atoms. The Bertz CT molecular complexity index is 1330. The Hall–Kier alpha value is -2.52. The maximum Gasteiger partial charge on any atom is 0.191 e. The Labute approximate surface area is 299 Å². The van der Waals surface area contributed by atoms with Crippen LogP contribution in [0.2, 0.25) is 0 Å². The van der Waals surface area contributed by atoms with Crippen molar-refractivity contribution in [2.24, 2.45) is 0 Å². The van der Waals surface area contributed by atoms with Gasteiger partial charge in [0, 0.05) is 35.0 Å². The molecule has 0 aliphatic heterocycles. The van der Waals surface area contributed by atoms with Crippen molar-refractivity contribution in [3.63, 3.8) is 0 Å². The Kier molecular flexibility index (Phi) is 15.8. The van der Waals surface area contributed by atoms with Gasteiger partial charge >= 0.3 is 0 Å². The lowest BCUT2D eigenvalue weighted by Gasteiger charge is -2.33. The third kappa shape index (κ3) is 11.8. The molecule has 266 valence electrons. The molecule has 0 saturated carbocycles. The first-order valence-corrected chi connectivity index (χ1v) is 19.7. The van der Waals surface area contributed by atoms with E-state index in [1.807, 2.05) is 59.9 Å². The van der Waals surface area contributed by atoms with E-state index in [0.717, 1.165) is 54.4 Å². The second-order valence-electron chi connectivity index (χ2n) is 13.2. The van der Waals surface area contributed by atoms with E-state index in [-0.39, 0.29) is 16.4 Å². The van der Waals surface area contributed by atoms with Crippen molar-refractivity contribution in [2.45, 2.75) is 129 Å². The quantitative estimate of drug-likeness (QED) is 0.0611. The van der Waals surface area contributed by atoms with Crippen LogP contribution in [0.1, 0.15) is 112 Å². The van der Waals surface area contributed by atoms with E-state index in [4.69, 9.17) is 19.1 Å². The summed E-state index contributed by atoms with van der Waals surface area (Å²) in [6, 6.07) is 24.5. The molecule has 6 nitrogen and oxygen atoms in total. The van der Waals surface area contributed by atoms with Crippen LogP contribution >= 0.6 is 23.5 Å². The second-order valence-corrected chi connectivity index (χ2v) is 16.4. The highest BCUT2D eigenvalue weighted by Gasteiger charge is 2.30. The van der Waals surface area contributed by atoms with Crippen molar-refractivity contribution in [3.05, 3.63) is 83.9 Å². The molecule has 0 radical (unpaired) electrons. The van der Waals surface area contributed by atoms with Crippen LogP contribution in [0.5, 0.6) is 23.0 Å². The van der Waals surface area contributed by atoms with Gasteiger partial charge in [0.15, 0.2) is 5.72 Å². The van der Waals surface area contributed by atoms with Gasteiger partial charge in [-0.05, 0) is 92.8 Å². The fraction of sp³-hybridized carbons (Fsp3) is 0.550. The monoisotopic (exact) mass is 696 g/mol. The zero-order valence-electron chi connectivity index (χ0n) is 31.0. The van der Waals surface area contributed by atoms with E-state index in [9.17, 15) is 0 Å². The highest BCUT2D eigenvalue weighted by molar-refractivity contribution is 8.03. The summed E-state index contributed by atoms with van der Waals surface area (Å²) in [6.45, 7) is 21.8. The molecule has 0 spiro atoms. The van der Waals surface area contributed by atoms with Gasteiger partial charge in [-0.2, -0.15) is 11.8 Å². The number of nitrogens with one attached hydrogen (secondary N) is 2. The van der Waals surface area contributed by atoms with E-state index >= 15 is 0 Å². The van der Waals surface area contributed by atoms with E-state index in [0.29, 0.717) is 11.0 Å². The van der Waals surface area contributed by atoms with Crippen LogP contribution in [-0.4, -0.2) is 33.5 Å². The number of benzene rings is 3. The molecule has 3 rings (SSSR count). The topological polar surface area (TPSA) is 61.0 Å². The van der Waals surface area contributed by atoms with Crippen molar-refractivity contribution >= 4 is 23.5 Å². The van der Waals surface area contributed by atoms with Crippen molar-refractivity contribution in [2.75, 3.05) is 11.5 Å². The third-order valence-corrected chi connectivity index (χ3v) is 12.3. The summed E-state index contributed by atoms with van der Waals surface area (Å²) in [5, 5.41) is 0.707. The average Bonchev–Trinajstić information content (AvgIpc) is 3.11. The molecule has 3 unspecified atom stereocenters. The summed E-state index contributed by atoms with van der Waals surface area (Å²) in [7, 11) is 0. The normalized spacial score (nSPS) is 14.5. The number of ether oxygens (including phenoxy) is 2. The minimum Gasteiger partial charge on any atom is -0.491 e. The number of hydrogen-bond donors (Lipinski definition) is 2. The lowest BCUT2D eigenvalue weighted by molar-refractivity contribution is -0.0632. The largest absolute Gasteiger partial charge is 0.491 e. The molecule has 3 aromatic carbocycles. The molecule has 48 heavy (non-hydrogen) atoms. The van der Waals surface area contributed by atoms with Gasteiger partial charge in [-0.15, -0.1) is 22.7 Å². The molecular formula is C40H60N2O4S2. The zero-order chi connectivity index (χ0) is 35.2. The summed E-state index contributed by atoms with van der Waals surface area (Å²) < 4.78 is 12.5. The lowest BCUT2D eigenvalue weighted by atomic mass is 9.78. The maximum atomic E-state index is 6.54. The summed E-state index contributed by atoms with van der Waals surface area (Å²) in [6.07, 6.45) is 4.79. The van der Waals surface area contributed by atoms with Crippen molar-refractivity contribution < 1.29 is 19.1 Å². The van der Waals surface area contributed by atoms with E-state index < -0.39 is 5.72 Å². The average molecular weight is 697 g/mol. The van der Waals surface area contributed by atoms with Crippen LogP contribution in [0.3, 0.4) is 0 Å². The van der Waals surface area contributed by atoms with Crippen molar-refractivity contribution in [1.29, 1.82) is 0 Å². The molecule has 0 fully saturated rings. The smallest absolute Gasteiger partial charge is 0.191 e. The van der Waals surface area contributed by atoms with Gasteiger partial charge in [0.25, 0.3) is 0 Å². The van der Waals surface area contributed by atoms with Gasteiger partial charge in [0.1, 0.15) is 23.0 Å². The molecule has 2 N–H and O–H groups in total. The number of rotatable bonds is 22. The molecule has 0 aliphatic rings. The van der Waals surface area contributed by atoms with E-state index in [1.165, 1.54) is 17.5 Å². The fourth-order valence-electron chi connectivity index (χ4n) is 4.89. The van der Waals surface area contributed by atoms with Crippen LogP contribution < -0.4 is 30.1 Å². The van der Waals surface area contributed by atoms with Crippen LogP contribution in [-0.2, 0) is 5.41 Å². The van der Waals surface area contributed by atoms with Crippen LogP contribution in [0.25, 0.3) is 0 Å². The summed E-state index contributed by atoms with van der Waals surface area (Å²) in [4.78, 5) is 11.9. The van der Waals surface area contributed by atoms with E-state index in [2.05, 4.69) is 117 Å². The SMILES string of the molecule is CCC(C)Oc1ccc(C(C)(C)c2ccc(OC(CC)(CC)NOc3ccc(ONC(C)(CC)SCCSC(C)CC)cc3)cc2)cc1. The minimum absolute atomic E-state index is 0.159. The molecule has 0 heterocycles. The van der Waals surface area contributed by atoms with Gasteiger partial charge in [0.05, 0.1) is 11.0 Å². The van der Waals surface area contributed by atoms with Gasteiger partial charge in [-0.25, -0.2) is 0 Å². The van der Waals surface area contributed by atoms with Crippen LogP contribution in [0.4, 0.5) is 0 Å².